The average Bonchev–Trinajstić information content (AvgIpc) is 2.94. The monoisotopic (exact) mass is 465 g/mol. The van der Waals surface area contributed by atoms with Crippen molar-refractivity contribution in [3.05, 3.63) is 58.0 Å². The molecule has 4 N–H and O–H groups in total. The summed E-state index contributed by atoms with van der Waals surface area (Å²) < 4.78 is 0.141. The molecule has 1 saturated heterocycles. The van der Waals surface area contributed by atoms with Crippen LogP contribution in [0.25, 0.3) is 6.08 Å². The molecule has 0 unspecified atom stereocenters. The number of rotatable bonds is 3. The molecule has 0 spiro atoms. The van der Waals surface area contributed by atoms with Gasteiger partial charge < -0.3 is 15.5 Å². The number of anilines is 1. The van der Waals surface area contributed by atoms with Gasteiger partial charge in [-0.25, -0.2) is 0 Å². The van der Waals surface area contributed by atoms with Crippen LogP contribution < -0.4 is 10.7 Å². The summed E-state index contributed by atoms with van der Waals surface area (Å²) in [4.78, 5) is 24.8. The molecule has 2 aromatic carbocycles. The number of carbonyl (C=O) groups excluding carboxylic acids is 2. The fraction of sp³-hybridized carbons (Fsp3) is 0. The highest BCUT2D eigenvalue weighted by Crippen LogP contribution is 2.33. The van der Waals surface area contributed by atoms with Crippen LogP contribution in [-0.2, 0) is 9.59 Å². The Bertz CT molecular complexity index is 1060. The third-order valence-corrected chi connectivity index (χ3v) is 5.43. The molecule has 0 saturated carbocycles. The third-order valence-electron chi connectivity index (χ3n) is 3.61. The zero-order chi connectivity index (χ0) is 21.1. The van der Waals surface area contributed by atoms with E-state index in [4.69, 9.17) is 36.0 Å². The maximum absolute atomic E-state index is 12.6. The van der Waals surface area contributed by atoms with Crippen molar-refractivity contribution in [1.29, 1.82) is 0 Å². The number of phenols is 2. The Hall–Kier alpha value is -2.66. The summed E-state index contributed by atoms with van der Waals surface area (Å²) in [5.74, 6) is -1.18. The fourth-order valence-electron chi connectivity index (χ4n) is 2.23. The van der Waals surface area contributed by atoms with E-state index in [0.29, 0.717) is 16.3 Å². The van der Waals surface area contributed by atoms with E-state index in [1.165, 1.54) is 48.5 Å². The zero-order valence-electron chi connectivity index (χ0n) is 14.4. The smallest absolute Gasteiger partial charge is 0.285 e. The van der Waals surface area contributed by atoms with Crippen molar-refractivity contribution in [1.82, 2.24) is 10.4 Å². The van der Waals surface area contributed by atoms with Crippen LogP contribution in [0.4, 0.5) is 5.69 Å². The number of nitrogens with one attached hydrogen (secondary N) is 2. The van der Waals surface area contributed by atoms with Crippen LogP contribution in [-0.4, -0.2) is 36.3 Å². The van der Waals surface area contributed by atoms with Crippen LogP contribution in [0.1, 0.15) is 5.56 Å². The van der Waals surface area contributed by atoms with Gasteiger partial charge in [0.15, 0.2) is 9.31 Å². The first kappa shape index (κ1) is 21.1. The standard InChI is InChI=1S/C18H12ClN3O4S3/c19-10-1-6-13(24)9(7-10)8-14-17(26)22(18(28)29-14)21-16(27)15(25)20-11-2-4-12(23)5-3-11/h1-8,23-24H,(H,20,25)(H,21,27)/b14-8+. The Kier molecular flexibility index (Phi) is 6.38. The molecule has 0 radical (unpaired) electrons. The van der Waals surface area contributed by atoms with E-state index in [1.54, 1.807) is 0 Å². The maximum Gasteiger partial charge on any atom is 0.285 e. The van der Waals surface area contributed by atoms with E-state index < -0.39 is 11.8 Å². The van der Waals surface area contributed by atoms with Gasteiger partial charge in [0.2, 0.25) is 0 Å². The summed E-state index contributed by atoms with van der Waals surface area (Å²) in [6.07, 6.45) is 1.45. The molecule has 1 aliphatic rings. The van der Waals surface area contributed by atoms with Gasteiger partial charge in [-0.05, 0) is 60.8 Å². The van der Waals surface area contributed by atoms with Crippen LogP contribution >= 0.6 is 47.8 Å². The number of hydrazine groups is 1. The number of thiocarbonyl (C=S) groups is 2. The third kappa shape index (κ3) is 5.04. The minimum atomic E-state index is -0.656. The largest absolute Gasteiger partial charge is 0.508 e. The predicted octanol–water partition coefficient (Wildman–Crippen LogP) is 3.42. The molecule has 148 valence electrons. The van der Waals surface area contributed by atoms with Gasteiger partial charge in [-0.2, -0.15) is 5.01 Å². The Morgan fingerprint density at radius 1 is 1.17 bits per heavy atom. The Labute approximate surface area is 185 Å². The Morgan fingerprint density at radius 2 is 1.86 bits per heavy atom. The van der Waals surface area contributed by atoms with Gasteiger partial charge >= 0.3 is 0 Å². The molecule has 1 fully saturated rings. The summed E-state index contributed by atoms with van der Waals surface area (Å²) in [5.41, 5.74) is 3.28. The fourth-order valence-corrected chi connectivity index (χ4v) is 3.72. The molecule has 0 bridgehead atoms. The molecule has 11 heteroatoms. The number of amides is 2. The molecule has 29 heavy (non-hydrogen) atoms. The number of benzene rings is 2. The zero-order valence-corrected chi connectivity index (χ0v) is 17.6. The first-order chi connectivity index (χ1) is 13.7. The number of aromatic hydroxyl groups is 2. The van der Waals surface area contributed by atoms with Crippen molar-refractivity contribution in [2.24, 2.45) is 0 Å². The van der Waals surface area contributed by atoms with Crippen molar-refractivity contribution in [2.75, 3.05) is 5.32 Å². The lowest BCUT2D eigenvalue weighted by Crippen LogP contribution is -2.48. The summed E-state index contributed by atoms with van der Waals surface area (Å²) in [7, 11) is 0. The number of halogens is 1. The van der Waals surface area contributed by atoms with E-state index >= 15 is 0 Å². The normalized spacial score (nSPS) is 14.9. The minimum Gasteiger partial charge on any atom is -0.508 e. The molecule has 0 aromatic heterocycles. The van der Waals surface area contributed by atoms with Gasteiger partial charge in [-0.15, -0.1) is 0 Å². The molecular weight excluding hydrogens is 454 g/mol. The van der Waals surface area contributed by atoms with Gasteiger partial charge in [0.25, 0.3) is 11.8 Å². The second-order valence-corrected chi connectivity index (χ2v) is 8.18. The quantitative estimate of drug-likeness (QED) is 0.311. The van der Waals surface area contributed by atoms with Crippen molar-refractivity contribution in [3.63, 3.8) is 0 Å². The van der Waals surface area contributed by atoms with E-state index in [-0.39, 0.29) is 25.7 Å². The molecule has 1 aliphatic heterocycles. The van der Waals surface area contributed by atoms with Crippen molar-refractivity contribution in [3.8, 4) is 11.5 Å². The van der Waals surface area contributed by atoms with Gasteiger partial charge in [-0.1, -0.05) is 35.6 Å². The molecular formula is C18H12ClN3O4S3. The number of nitrogens with zero attached hydrogens (tertiary/aromatic N) is 1. The lowest BCUT2D eigenvalue weighted by molar-refractivity contribution is -0.123. The van der Waals surface area contributed by atoms with E-state index in [1.807, 2.05) is 0 Å². The lowest BCUT2D eigenvalue weighted by atomic mass is 10.2. The molecule has 2 amide bonds. The van der Waals surface area contributed by atoms with Gasteiger partial charge in [0, 0.05) is 16.3 Å². The highest BCUT2D eigenvalue weighted by molar-refractivity contribution is 8.26. The van der Waals surface area contributed by atoms with Crippen LogP contribution in [0, 0.1) is 0 Å². The number of phenolic OH excluding ortho intramolecular Hbond substituents is 2. The molecule has 2 aromatic rings. The number of carbonyl (C=O) groups is 2. The van der Waals surface area contributed by atoms with E-state index in [0.717, 1.165) is 16.8 Å². The lowest BCUT2D eigenvalue weighted by Gasteiger charge is -2.17. The molecule has 7 nitrogen and oxygen atoms in total. The molecule has 3 rings (SSSR count). The minimum absolute atomic E-state index is 0.0450. The predicted molar refractivity (Wildman–Crippen MR) is 121 cm³/mol. The number of hydrogen-bond donors (Lipinski definition) is 4. The van der Waals surface area contributed by atoms with Crippen molar-refractivity contribution < 1.29 is 19.8 Å². The van der Waals surface area contributed by atoms with Gasteiger partial charge in [0.1, 0.15) is 11.5 Å². The molecule has 0 aliphatic carbocycles. The van der Waals surface area contributed by atoms with Crippen LogP contribution in [0.3, 0.4) is 0 Å². The number of hydrogen-bond acceptors (Lipinski definition) is 7. The SMILES string of the molecule is O=C(Nc1ccc(O)cc1)C(=S)NN1C(=O)/C(=C\c2cc(Cl)ccc2O)SC1=S. The second kappa shape index (κ2) is 8.78. The van der Waals surface area contributed by atoms with Crippen molar-refractivity contribution >= 4 is 80.7 Å². The topological polar surface area (TPSA) is 102 Å². The Balaban J connectivity index is 1.70. The Morgan fingerprint density at radius 3 is 2.55 bits per heavy atom. The highest BCUT2D eigenvalue weighted by Gasteiger charge is 2.34. The number of thioether (sulfide) groups is 1. The molecule has 1 heterocycles. The summed E-state index contributed by atoms with van der Waals surface area (Å²) in [5, 5.41) is 23.1. The summed E-state index contributed by atoms with van der Waals surface area (Å²) in [6.45, 7) is 0. The van der Waals surface area contributed by atoms with Gasteiger partial charge in [0.05, 0.1) is 4.91 Å². The average molecular weight is 466 g/mol. The highest BCUT2D eigenvalue weighted by atomic mass is 35.5. The summed E-state index contributed by atoms with van der Waals surface area (Å²) in [6, 6.07) is 10.2. The first-order valence-corrected chi connectivity index (χ1v) is 9.93. The van der Waals surface area contributed by atoms with Crippen LogP contribution in [0.2, 0.25) is 5.02 Å². The maximum atomic E-state index is 12.6. The molecule has 0 atom stereocenters. The first-order valence-electron chi connectivity index (χ1n) is 7.92. The van der Waals surface area contributed by atoms with Crippen molar-refractivity contribution in [2.45, 2.75) is 0 Å². The van der Waals surface area contributed by atoms with E-state index in [9.17, 15) is 19.8 Å². The van der Waals surface area contributed by atoms with Crippen LogP contribution in [0.5, 0.6) is 11.5 Å². The van der Waals surface area contributed by atoms with Gasteiger partial charge in [-0.3, -0.25) is 15.0 Å². The van der Waals surface area contributed by atoms with E-state index in [2.05, 4.69) is 10.7 Å². The summed E-state index contributed by atoms with van der Waals surface area (Å²) >= 11 is 17.1. The van der Waals surface area contributed by atoms with Crippen LogP contribution in [0.15, 0.2) is 47.4 Å². The second-order valence-electron chi connectivity index (χ2n) is 5.66.